The van der Waals surface area contributed by atoms with Gasteiger partial charge in [0.2, 0.25) is 5.91 Å². The zero-order valence-electron chi connectivity index (χ0n) is 11.5. The van der Waals surface area contributed by atoms with E-state index >= 15 is 0 Å². The predicted octanol–water partition coefficient (Wildman–Crippen LogP) is 1.67. The second-order valence-electron chi connectivity index (χ2n) is 5.64. The Bertz CT molecular complexity index is 477. The van der Waals surface area contributed by atoms with E-state index in [0.29, 0.717) is 0 Å². The molecule has 1 saturated carbocycles. The average Bonchev–Trinajstić information content (AvgIpc) is 2.92. The molecule has 0 aromatic carbocycles. The van der Waals surface area contributed by atoms with E-state index in [0.717, 1.165) is 31.4 Å². The number of H-pyrrole nitrogens is 1. The number of hydrogen-bond acceptors (Lipinski definition) is 4. The second kappa shape index (κ2) is 5.64. The van der Waals surface area contributed by atoms with Crippen molar-refractivity contribution in [2.75, 3.05) is 5.32 Å². The van der Waals surface area contributed by atoms with Crippen LogP contribution in [0.2, 0.25) is 0 Å². The Hall–Kier alpha value is -1.85. The monoisotopic (exact) mass is 276 g/mol. The largest absolute Gasteiger partial charge is 0.371 e. The highest BCUT2D eigenvalue weighted by atomic mass is 16.2. The van der Waals surface area contributed by atoms with Crippen LogP contribution in [0.25, 0.3) is 0 Å². The summed E-state index contributed by atoms with van der Waals surface area (Å²) >= 11 is 0. The zero-order chi connectivity index (χ0) is 13.9. The molecule has 108 valence electrons. The van der Waals surface area contributed by atoms with Gasteiger partial charge in [-0.05, 0) is 12.8 Å². The highest BCUT2D eigenvalue weighted by Gasteiger charge is 2.42. The molecule has 0 bridgehead atoms. The van der Waals surface area contributed by atoms with Gasteiger partial charge in [0.25, 0.3) is 5.91 Å². The Morgan fingerprint density at radius 1 is 1.20 bits per heavy atom. The molecule has 1 aliphatic heterocycles. The van der Waals surface area contributed by atoms with E-state index in [1.807, 2.05) is 0 Å². The van der Waals surface area contributed by atoms with Gasteiger partial charge in [0.05, 0.1) is 18.3 Å². The molecule has 2 amide bonds. The predicted molar refractivity (Wildman–Crippen MR) is 74.0 cm³/mol. The van der Waals surface area contributed by atoms with Gasteiger partial charge in [0, 0.05) is 12.2 Å². The van der Waals surface area contributed by atoms with Crippen molar-refractivity contribution in [2.24, 2.45) is 0 Å². The maximum atomic E-state index is 12.5. The summed E-state index contributed by atoms with van der Waals surface area (Å²) in [6, 6.07) is -0.336. The summed E-state index contributed by atoms with van der Waals surface area (Å²) in [7, 11) is 0. The molecule has 1 unspecified atom stereocenters. The molecule has 1 atom stereocenters. The number of aromatic nitrogens is 2. The lowest BCUT2D eigenvalue weighted by atomic mass is 10.1. The van der Waals surface area contributed by atoms with Gasteiger partial charge in [-0.2, -0.15) is 5.10 Å². The Labute approximate surface area is 117 Å². The molecule has 0 spiro atoms. The van der Waals surface area contributed by atoms with Gasteiger partial charge < -0.3 is 5.32 Å². The SMILES string of the molecule is O=C1CC(Nc2cn[nH]c2)C(=O)N1C1CCCCCC1. The molecule has 2 fully saturated rings. The minimum absolute atomic E-state index is 0.0390. The Kier molecular flexibility index (Phi) is 3.71. The Balaban J connectivity index is 1.69. The first-order chi connectivity index (χ1) is 9.75. The van der Waals surface area contributed by atoms with Crippen molar-refractivity contribution in [3.8, 4) is 0 Å². The van der Waals surface area contributed by atoms with Gasteiger partial charge in [-0.3, -0.25) is 19.6 Å². The summed E-state index contributed by atoms with van der Waals surface area (Å²) in [5.74, 6) is -0.119. The van der Waals surface area contributed by atoms with Gasteiger partial charge in [-0.25, -0.2) is 0 Å². The van der Waals surface area contributed by atoms with Gasteiger partial charge >= 0.3 is 0 Å². The van der Waals surface area contributed by atoms with Crippen LogP contribution in [0.1, 0.15) is 44.9 Å². The molecule has 2 N–H and O–H groups in total. The number of nitrogens with zero attached hydrogens (tertiary/aromatic N) is 2. The van der Waals surface area contributed by atoms with Crippen molar-refractivity contribution in [2.45, 2.75) is 57.0 Å². The molecule has 20 heavy (non-hydrogen) atoms. The normalized spacial score (nSPS) is 25.0. The number of amides is 2. The maximum absolute atomic E-state index is 12.5. The third-order valence-corrected chi connectivity index (χ3v) is 4.21. The van der Waals surface area contributed by atoms with E-state index in [9.17, 15) is 9.59 Å². The van der Waals surface area contributed by atoms with Crippen LogP contribution < -0.4 is 5.32 Å². The molecule has 1 aliphatic carbocycles. The number of likely N-dealkylation sites (tertiary alicyclic amines) is 1. The molecule has 6 heteroatoms. The fraction of sp³-hybridized carbons (Fsp3) is 0.643. The van der Waals surface area contributed by atoms with Crippen LogP contribution in [0.3, 0.4) is 0 Å². The number of aromatic amines is 1. The first-order valence-electron chi connectivity index (χ1n) is 7.37. The van der Waals surface area contributed by atoms with Crippen LogP contribution >= 0.6 is 0 Å². The fourth-order valence-corrected chi connectivity index (χ4v) is 3.19. The average molecular weight is 276 g/mol. The van der Waals surface area contributed by atoms with Crippen molar-refractivity contribution >= 4 is 17.5 Å². The Morgan fingerprint density at radius 2 is 1.95 bits per heavy atom. The van der Waals surface area contributed by atoms with Gasteiger partial charge in [-0.15, -0.1) is 0 Å². The lowest BCUT2D eigenvalue weighted by Gasteiger charge is -2.25. The van der Waals surface area contributed by atoms with E-state index in [4.69, 9.17) is 0 Å². The molecule has 0 radical (unpaired) electrons. The third kappa shape index (κ3) is 2.55. The van der Waals surface area contributed by atoms with E-state index in [-0.39, 0.29) is 24.3 Å². The van der Waals surface area contributed by atoms with Gasteiger partial charge in [0.15, 0.2) is 0 Å². The smallest absolute Gasteiger partial charge is 0.252 e. The number of carbonyl (C=O) groups is 2. The van der Waals surface area contributed by atoms with Crippen molar-refractivity contribution in [1.29, 1.82) is 0 Å². The topological polar surface area (TPSA) is 78.1 Å². The molecule has 1 saturated heterocycles. The lowest BCUT2D eigenvalue weighted by molar-refractivity contribution is -0.141. The second-order valence-corrected chi connectivity index (χ2v) is 5.64. The summed E-state index contributed by atoms with van der Waals surface area (Å²) in [6.07, 6.45) is 10.1. The number of nitrogens with one attached hydrogen (secondary N) is 2. The highest BCUT2D eigenvalue weighted by Crippen LogP contribution is 2.27. The van der Waals surface area contributed by atoms with Crippen LogP contribution in [0, 0.1) is 0 Å². The zero-order valence-corrected chi connectivity index (χ0v) is 11.5. The van der Waals surface area contributed by atoms with E-state index in [1.54, 1.807) is 12.4 Å². The van der Waals surface area contributed by atoms with E-state index in [1.165, 1.54) is 17.7 Å². The molecule has 2 aliphatic rings. The molecule has 3 rings (SSSR count). The number of anilines is 1. The van der Waals surface area contributed by atoms with E-state index < -0.39 is 6.04 Å². The lowest BCUT2D eigenvalue weighted by Crippen LogP contribution is -2.42. The number of carbonyl (C=O) groups excluding carboxylic acids is 2. The maximum Gasteiger partial charge on any atom is 0.252 e. The summed E-state index contributed by atoms with van der Waals surface area (Å²) in [5, 5.41) is 9.60. The van der Waals surface area contributed by atoms with Crippen molar-refractivity contribution in [1.82, 2.24) is 15.1 Å². The third-order valence-electron chi connectivity index (χ3n) is 4.21. The fourth-order valence-electron chi connectivity index (χ4n) is 3.19. The summed E-state index contributed by atoms with van der Waals surface area (Å²) in [6.45, 7) is 0. The number of hydrogen-bond donors (Lipinski definition) is 2. The molecular weight excluding hydrogens is 256 g/mol. The van der Waals surface area contributed by atoms with Crippen LogP contribution in [0.15, 0.2) is 12.4 Å². The van der Waals surface area contributed by atoms with Crippen molar-refractivity contribution in [3.63, 3.8) is 0 Å². The van der Waals surface area contributed by atoms with Crippen molar-refractivity contribution in [3.05, 3.63) is 12.4 Å². The highest BCUT2D eigenvalue weighted by molar-refractivity contribution is 6.07. The number of imide groups is 1. The molecular formula is C14H20N4O2. The Morgan fingerprint density at radius 3 is 2.60 bits per heavy atom. The summed E-state index contributed by atoms with van der Waals surface area (Å²) < 4.78 is 0. The number of rotatable bonds is 3. The molecule has 2 heterocycles. The summed E-state index contributed by atoms with van der Waals surface area (Å²) in [4.78, 5) is 26.2. The first-order valence-corrected chi connectivity index (χ1v) is 7.37. The standard InChI is InChI=1S/C14H20N4O2/c19-13-7-12(17-10-8-15-16-9-10)14(20)18(13)11-5-3-1-2-4-6-11/h8-9,11-12,17H,1-7H2,(H,15,16). The molecule has 6 nitrogen and oxygen atoms in total. The van der Waals surface area contributed by atoms with Crippen molar-refractivity contribution < 1.29 is 9.59 Å². The van der Waals surface area contributed by atoms with Gasteiger partial charge in [-0.1, -0.05) is 25.7 Å². The van der Waals surface area contributed by atoms with Crippen LogP contribution in [0.5, 0.6) is 0 Å². The first kappa shape index (κ1) is 13.1. The quantitative estimate of drug-likeness (QED) is 0.650. The van der Waals surface area contributed by atoms with Crippen LogP contribution in [-0.2, 0) is 9.59 Å². The van der Waals surface area contributed by atoms with Crippen LogP contribution in [-0.4, -0.2) is 39.0 Å². The summed E-state index contributed by atoms with van der Waals surface area (Å²) in [5.41, 5.74) is 0.749. The molecule has 1 aromatic heterocycles. The van der Waals surface area contributed by atoms with E-state index in [2.05, 4.69) is 15.5 Å². The minimum Gasteiger partial charge on any atom is -0.371 e. The van der Waals surface area contributed by atoms with Gasteiger partial charge in [0.1, 0.15) is 6.04 Å². The minimum atomic E-state index is -0.441. The molecule has 1 aromatic rings. The van der Waals surface area contributed by atoms with Crippen LogP contribution in [0.4, 0.5) is 5.69 Å².